The molecule has 3 nitrogen and oxygen atoms in total. The number of hydrogen-bond acceptors (Lipinski definition) is 3. The molecule has 21 heavy (non-hydrogen) atoms. The van der Waals surface area contributed by atoms with Crippen LogP contribution in [0.3, 0.4) is 0 Å². The van der Waals surface area contributed by atoms with Crippen LogP contribution in [0.5, 0.6) is 0 Å². The molecule has 0 aliphatic carbocycles. The number of carbonyl (C=O) groups excluding carboxylic acids is 1. The first-order valence-electron chi connectivity index (χ1n) is 6.22. The van der Waals surface area contributed by atoms with Gasteiger partial charge in [-0.05, 0) is 35.9 Å². The van der Waals surface area contributed by atoms with Gasteiger partial charge < -0.3 is 0 Å². The number of benzene rings is 2. The number of halogens is 1. The third-order valence-electron chi connectivity index (χ3n) is 2.74. The fourth-order valence-electron chi connectivity index (χ4n) is 1.75. The van der Waals surface area contributed by atoms with E-state index in [-0.39, 0.29) is 4.90 Å². The minimum absolute atomic E-state index is 0.148. The Hall–Kier alpha value is -1.91. The second-order valence-electron chi connectivity index (χ2n) is 4.43. The van der Waals surface area contributed by atoms with Crippen molar-refractivity contribution in [2.45, 2.75) is 4.90 Å². The maximum atomic E-state index is 12.0. The van der Waals surface area contributed by atoms with Gasteiger partial charge in [0.2, 0.25) is 0 Å². The first-order chi connectivity index (χ1) is 9.97. The molecule has 0 aliphatic heterocycles. The molecule has 0 aliphatic rings. The van der Waals surface area contributed by atoms with Crippen molar-refractivity contribution >= 4 is 33.3 Å². The van der Waals surface area contributed by atoms with Gasteiger partial charge in [-0.1, -0.05) is 48.0 Å². The van der Waals surface area contributed by atoms with Crippen LogP contribution in [0.15, 0.2) is 65.6 Å². The minimum atomic E-state index is -3.60. The van der Waals surface area contributed by atoms with Gasteiger partial charge in [0.15, 0.2) is 15.6 Å². The average molecular weight is 321 g/mol. The van der Waals surface area contributed by atoms with Crippen LogP contribution >= 0.6 is 11.6 Å². The van der Waals surface area contributed by atoms with Crippen molar-refractivity contribution < 1.29 is 13.2 Å². The summed E-state index contributed by atoms with van der Waals surface area (Å²) >= 11 is 5.83. The van der Waals surface area contributed by atoms with E-state index in [1.807, 2.05) is 0 Å². The zero-order chi connectivity index (χ0) is 15.3. The van der Waals surface area contributed by atoms with Gasteiger partial charge in [0.1, 0.15) is 5.75 Å². The van der Waals surface area contributed by atoms with Gasteiger partial charge in [0.05, 0.1) is 4.90 Å². The predicted octanol–water partition coefficient (Wildman–Crippen LogP) is 3.40. The van der Waals surface area contributed by atoms with Gasteiger partial charge in [-0.3, -0.25) is 4.79 Å². The Kier molecular flexibility index (Phi) is 4.94. The molecule has 0 radical (unpaired) electrons. The zero-order valence-corrected chi connectivity index (χ0v) is 12.6. The average Bonchev–Trinajstić information content (AvgIpc) is 2.46. The van der Waals surface area contributed by atoms with Crippen molar-refractivity contribution in [3.8, 4) is 0 Å². The van der Waals surface area contributed by atoms with E-state index in [1.165, 1.54) is 18.2 Å². The van der Waals surface area contributed by atoms with Crippen molar-refractivity contribution in [2.75, 3.05) is 5.75 Å². The molecule has 2 rings (SSSR count). The van der Waals surface area contributed by atoms with E-state index >= 15 is 0 Å². The maximum Gasteiger partial charge on any atom is 0.185 e. The molecule has 0 bridgehead atoms. The summed E-state index contributed by atoms with van der Waals surface area (Å²) in [6, 6.07) is 14.9. The number of sulfone groups is 1. The summed E-state index contributed by atoms with van der Waals surface area (Å²) in [7, 11) is -3.60. The van der Waals surface area contributed by atoms with Gasteiger partial charge in [-0.25, -0.2) is 8.42 Å². The van der Waals surface area contributed by atoms with Gasteiger partial charge in [0, 0.05) is 5.02 Å². The molecule has 0 fully saturated rings. The maximum absolute atomic E-state index is 12.0. The number of ketones is 1. The van der Waals surface area contributed by atoms with E-state index in [1.54, 1.807) is 48.5 Å². The highest BCUT2D eigenvalue weighted by Gasteiger charge is 2.17. The highest BCUT2D eigenvalue weighted by Crippen LogP contribution is 2.13. The Labute approximate surface area is 128 Å². The van der Waals surface area contributed by atoms with Gasteiger partial charge >= 0.3 is 0 Å². The highest BCUT2D eigenvalue weighted by molar-refractivity contribution is 7.92. The number of allylic oxidation sites excluding steroid dienone is 1. The molecule has 0 N–H and O–H groups in total. The van der Waals surface area contributed by atoms with Crippen LogP contribution in [0.1, 0.15) is 5.56 Å². The summed E-state index contributed by atoms with van der Waals surface area (Å²) in [5.41, 5.74) is 0.743. The van der Waals surface area contributed by atoms with Crippen LogP contribution in [-0.4, -0.2) is 20.0 Å². The Balaban J connectivity index is 2.08. The van der Waals surface area contributed by atoms with Crippen molar-refractivity contribution in [1.82, 2.24) is 0 Å². The molecule has 2 aromatic carbocycles. The molecule has 0 aromatic heterocycles. The standard InChI is InChI=1S/C16H13ClO3S/c17-14-6-4-5-13(11-14)9-10-15(18)12-21(19,20)16-7-2-1-3-8-16/h1-11H,12H2. The number of carbonyl (C=O) groups is 1. The summed E-state index contributed by atoms with van der Waals surface area (Å²) in [4.78, 5) is 11.9. The normalized spacial score (nSPS) is 11.7. The summed E-state index contributed by atoms with van der Waals surface area (Å²) < 4.78 is 24.1. The van der Waals surface area contributed by atoms with Crippen LogP contribution in [0.25, 0.3) is 6.08 Å². The molecule has 0 spiro atoms. The lowest BCUT2D eigenvalue weighted by Gasteiger charge is -2.01. The van der Waals surface area contributed by atoms with Crippen molar-refractivity contribution in [1.29, 1.82) is 0 Å². The molecule has 0 amide bonds. The summed E-state index contributed by atoms with van der Waals surface area (Å²) in [6.07, 6.45) is 2.81. The van der Waals surface area contributed by atoms with Crippen molar-refractivity contribution in [3.63, 3.8) is 0 Å². The molecular formula is C16H13ClO3S. The largest absolute Gasteiger partial charge is 0.294 e. The molecule has 5 heteroatoms. The lowest BCUT2D eigenvalue weighted by atomic mass is 10.2. The fourth-order valence-corrected chi connectivity index (χ4v) is 3.15. The van der Waals surface area contributed by atoms with Crippen LogP contribution < -0.4 is 0 Å². The molecule has 0 heterocycles. The second-order valence-corrected chi connectivity index (χ2v) is 6.85. The minimum Gasteiger partial charge on any atom is -0.294 e. The molecule has 0 saturated heterocycles. The van der Waals surface area contributed by atoms with E-state index in [0.29, 0.717) is 5.02 Å². The van der Waals surface area contributed by atoms with E-state index in [4.69, 9.17) is 11.6 Å². The third-order valence-corrected chi connectivity index (χ3v) is 4.64. The second kappa shape index (κ2) is 6.70. The van der Waals surface area contributed by atoms with E-state index in [0.717, 1.165) is 5.56 Å². The van der Waals surface area contributed by atoms with Crippen LogP contribution in [0.2, 0.25) is 5.02 Å². The van der Waals surface area contributed by atoms with Crippen LogP contribution in [0.4, 0.5) is 0 Å². The summed E-state index contributed by atoms with van der Waals surface area (Å²) in [6.45, 7) is 0. The van der Waals surface area contributed by atoms with Gasteiger partial charge in [0.25, 0.3) is 0 Å². The molecule has 108 valence electrons. The van der Waals surface area contributed by atoms with Crippen molar-refractivity contribution in [2.24, 2.45) is 0 Å². The first-order valence-corrected chi connectivity index (χ1v) is 8.25. The molecule has 0 atom stereocenters. The number of rotatable bonds is 5. The van der Waals surface area contributed by atoms with Crippen LogP contribution in [-0.2, 0) is 14.6 Å². The third kappa shape index (κ3) is 4.55. The first kappa shape index (κ1) is 15.5. The van der Waals surface area contributed by atoms with Gasteiger partial charge in [-0.2, -0.15) is 0 Å². The lowest BCUT2D eigenvalue weighted by molar-refractivity contribution is -0.112. The van der Waals surface area contributed by atoms with Crippen LogP contribution in [0, 0.1) is 0 Å². The predicted molar refractivity (Wildman–Crippen MR) is 84.0 cm³/mol. The Morgan fingerprint density at radius 1 is 1.05 bits per heavy atom. The van der Waals surface area contributed by atoms with Gasteiger partial charge in [-0.15, -0.1) is 0 Å². The quantitative estimate of drug-likeness (QED) is 0.793. The Bertz CT molecular complexity index is 765. The van der Waals surface area contributed by atoms with Crippen molar-refractivity contribution in [3.05, 3.63) is 71.3 Å². The molecule has 0 saturated carbocycles. The zero-order valence-electron chi connectivity index (χ0n) is 11.1. The monoisotopic (exact) mass is 320 g/mol. The number of hydrogen-bond donors (Lipinski definition) is 0. The van der Waals surface area contributed by atoms with E-state index in [2.05, 4.69) is 0 Å². The molecule has 0 unspecified atom stereocenters. The Morgan fingerprint density at radius 3 is 2.43 bits per heavy atom. The summed E-state index contributed by atoms with van der Waals surface area (Å²) in [5.74, 6) is -1.02. The molecule has 2 aromatic rings. The molecular weight excluding hydrogens is 308 g/mol. The van der Waals surface area contributed by atoms with E-state index < -0.39 is 21.4 Å². The summed E-state index contributed by atoms with van der Waals surface area (Å²) in [5, 5.41) is 0.557. The fraction of sp³-hybridized carbons (Fsp3) is 0.0625. The Morgan fingerprint density at radius 2 is 1.76 bits per heavy atom. The van der Waals surface area contributed by atoms with E-state index in [9.17, 15) is 13.2 Å². The smallest absolute Gasteiger partial charge is 0.185 e. The topological polar surface area (TPSA) is 51.2 Å². The highest BCUT2D eigenvalue weighted by atomic mass is 35.5. The lowest BCUT2D eigenvalue weighted by Crippen LogP contribution is -2.14. The SMILES string of the molecule is O=C(C=Cc1cccc(Cl)c1)CS(=O)(=O)c1ccccc1.